The third-order valence-corrected chi connectivity index (χ3v) is 5.81. The van der Waals surface area contributed by atoms with E-state index in [0.717, 1.165) is 5.69 Å². The van der Waals surface area contributed by atoms with Crippen LogP contribution in [0.2, 0.25) is 0 Å². The van der Waals surface area contributed by atoms with Crippen molar-refractivity contribution in [1.29, 1.82) is 0 Å². The van der Waals surface area contributed by atoms with Gasteiger partial charge in [-0.05, 0) is 39.2 Å². The van der Waals surface area contributed by atoms with Gasteiger partial charge in [0.1, 0.15) is 12.2 Å². The summed E-state index contributed by atoms with van der Waals surface area (Å²) in [5.74, 6) is -0.00897. The lowest BCUT2D eigenvalue weighted by atomic mass is 10.1. The van der Waals surface area contributed by atoms with E-state index < -0.39 is 17.7 Å². The lowest BCUT2D eigenvalue weighted by Gasteiger charge is -2.11. The van der Waals surface area contributed by atoms with Gasteiger partial charge in [0.2, 0.25) is 5.16 Å². The molecule has 4 aromatic rings. The molecule has 12 heteroatoms. The highest BCUT2D eigenvalue weighted by Crippen LogP contribution is 2.23. The summed E-state index contributed by atoms with van der Waals surface area (Å²) in [5, 5.41) is 8.11. The number of esters is 1. The molecule has 0 bridgehead atoms. The maximum atomic E-state index is 12.7. The average molecular weight is 498 g/mol. The molecule has 3 aromatic heterocycles. The van der Waals surface area contributed by atoms with Crippen LogP contribution < -0.4 is 10.9 Å². The fraction of sp³-hybridized carbons (Fsp3) is 0.304. The summed E-state index contributed by atoms with van der Waals surface area (Å²) in [4.78, 5) is 45.2. The van der Waals surface area contributed by atoms with Crippen LogP contribution in [0.15, 0.2) is 38.6 Å². The molecule has 0 fully saturated rings. The number of nitrogens with one attached hydrogen (secondary N) is 1. The summed E-state index contributed by atoms with van der Waals surface area (Å²) in [5.41, 5.74) is 2.65. The number of nitrogens with zero attached hydrogens (tertiary/aromatic N) is 4. The fourth-order valence-corrected chi connectivity index (χ4v) is 3.93. The molecule has 35 heavy (non-hydrogen) atoms. The predicted octanol–water partition coefficient (Wildman–Crippen LogP) is 3.42. The Kier molecular flexibility index (Phi) is 7.01. The largest absolute Gasteiger partial charge is 0.461 e. The molecular weight excluding hydrogens is 474 g/mol. The van der Waals surface area contributed by atoms with E-state index in [1.807, 2.05) is 13.2 Å². The van der Waals surface area contributed by atoms with Gasteiger partial charge in [-0.2, -0.15) is 4.98 Å². The first kappa shape index (κ1) is 24.2. The van der Waals surface area contributed by atoms with Crippen molar-refractivity contribution in [2.45, 2.75) is 39.0 Å². The Labute approximate surface area is 203 Å². The summed E-state index contributed by atoms with van der Waals surface area (Å²) in [6, 6.07) is 6.09. The second-order valence-corrected chi connectivity index (χ2v) is 8.33. The number of carbonyl (C=O) groups is 2. The molecule has 1 amide bonds. The summed E-state index contributed by atoms with van der Waals surface area (Å²) in [6.45, 7) is 5.45. The minimum atomic E-state index is -0.617. The van der Waals surface area contributed by atoms with Gasteiger partial charge in [-0.1, -0.05) is 11.8 Å². The minimum absolute atomic E-state index is 0.0119. The Bertz CT molecular complexity index is 1500. The summed E-state index contributed by atoms with van der Waals surface area (Å²) in [6.07, 6.45) is 1.25. The normalized spacial score (nSPS) is 11.1. The maximum absolute atomic E-state index is 12.7. The van der Waals surface area contributed by atoms with Crippen LogP contribution in [-0.2, 0) is 27.3 Å². The second-order valence-electron chi connectivity index (χ2n) is 7.56. The van der Waals surface area contributed by atoms with Crippen LogP contribution in [0.4, 0.5) is 10.5 Å². The molecule has 1 N–H and O–H groups in total. The molecule has 182 valence electrons. The Morgan fingerprint density at radius 2 is 1.97 bits per heavy atom. The van der Waals surface area contributed by atoms with Crippen molar-refractivity contribution in [2.75, 3.05) is 18.2 Å². The van der Waals surface area contributed by atoms with Gasteiger partial charge in [-0.25, -0.2) is 19.1 Å². The monoisotopic (exact) mass is 497 g/mol. The van der Waals surface area contributed by atoms with Crippen LogP contribution >= 0.6 is 11.8 Å². The number of hydrogen-bond acceptors (Lipinski definition) is 10. The van der Waals surface area contributed by atoms with Gasteiger partial charge < -0.3 is 13.9 Å². The van der Waals surface area contributed by atoms with Crippen molar-refractivity contribution in [3.05, 3.63) is 57.2 Å². The molecule has 0 saturated heterocycles. The van der Waals surface area contributed by atoms with Crippen LogP contribution in [0.3, 0.4) is 0 Å². The highest BCUT2D eigenvalue weighted by Gasteiger charge is 2.17. The van der Waals surface area contributed by atoms with Crippen molar-refractivity contribution in [3.8, 4) is 0 Å². The number of amides is 1. The zero-order chi connectivity index (χ0) is 25.1. The SMILES string of the molecule is CCOC(=O)Nc1ccc2c(COC(=O)Cc3c(C)nc4nc(SC)nn4c3C)cc(=O)oc2c1. The quantitative estimate of drug-likeness (QED) is 0.230. The zero-order valence-corrected chi connectivity index (χ0v) is 20.4. The van der Waals surface area contributed by atoms with E-state index in [1.165, 1.54) is 23.9 Å². The van der Waals surface area contributed by atoms with Crippen LogP contribution in [-0.4, -0.2) is 44.5 Å². The second kappa shape index (κ2) is 10.1. The van der Waals surface area contributed by atoms with Gasteiger partial charge in [0.05, 0.1) is 13.0 Å². The molecule has 3 heterocycles. The van der Waals surface area contributed by atoms with Crippen molar-refractivity contribution in [2.24, 2.45) is 0 Å². The van der Waals surface area contributed by atoms with Crippen molar-refractivity contribution in [1.82, 2.24) is 19.6 Å². The van der Waals surface area contributed by atoms with Gasteiger partial charge in [-0.15, -0.1) is 5.10 Å². The molecule has 0 aliphatic heterocycles. The molecule has 1 aromatic carbocycles. The van der Waals surface area contributed by atoms with Crippen molar-refractivity contribution >= 4 is 46.3 Å². The standard InChI is InChI=1S/C23H23N5O6S/c1-5-32-23(31)25-15-6-7-16-14(8-20(30)34-18(16)9-15)11-33-19(29)10-17-12(2)24-21-26-22(35-4)27-28(21)13(17)3/h6-9H,5,10-11H2,1-4H3,(H,25,31). The Morgan fingerprint density at radius 3 is 2.71 bits per heavy atom. The number of aryl methyl sites for hydroxylation is 2. The Balaban J connectivity index is 1.52. The molecule has 0 aliphatic rings. The predicted molar refractivity (Wildman–Crippen MR) is 129 cm³/mol. The lowest BCUT2D eigenvalue weighted by Crippen LogP contribution is -2.14. The van der Waals surface area contributed by atoms with E-state index in [2.05, 4.69) is 20.4 Å². The van der Waals surface area contributed by atoms with Gasteiger partial charge in [0.15, 0.2) is 0 Å². The molecular formula is C23H23N5O6S. The third kappa shape index (κ3) is 5.27. The number of ether oxygens (including phenoxy) is 2. The number of fused-ring (bicyclic) bond motifs is 2. The Morgan fingerprint density at radius 1 is 1.17 bits per heavy atom. The lowest BCUT2D eigenvalue weighted by molar-refractivity contribution is -0.144. The van der Waals surface area contributed by atoms with Crippen LogP contribution in [0.25, 0.3) is 16.7 Å². The first-order valence-corrected chi connectivity index (χ1v) is 11.9. The number of aromatic nitrogens is 4. The highest BCUT2D eigenvalue weighted by atomic mass is 32.2. The van der Waals surface area contributed by atoms with E-state index in [4.69, 9.17) is 13.9 Å². The number of carbonyl (C=O) groups excluding carboxylic acids is 2. The summed E-state index contributed by atoms with van der Waals surface area (Å²) >= 11 is 1.41. The first-order chi connectivity index (χ1) is 16.8. The van der Waals surface area contributed by atoms with Crippen LogP contribution in [0.5, 0.6) is 0 Å². The molecule has 0 unspecified atom stereocenters. The number of benzene rings is 1. The molecule has 0 aliphatic carbocycles. The maximum Gasteiger partial charge on any atom is 0.411 e. The summed E-state index contributed by atoms with van der Waals surface area (Å²) in [7, 11) is 0. The fourth-order valence-electron chi connectivity index (χ4n) is 3.60. The van der Waals surface area contributed by atoms with Gasteiger partial charge in [-0.3, -0.25) is 10.1 Å². The zero-order valence-electron chi connectivity index (χ0n) is 19.6. The molecule has 0 atom stereocenters. The van der Waals surface area contributed by atoms with Crippen molar-refractivity contribution < 1.29 is 23.5 Å². The van der Waals surface area contributed by atoms with E-state index in [0.29, 0.717) is 38.8 Å². The van der Waals surface area contributed by atoms with E-state index in [9.17, 15) is 14.4 Å². The van der Waals surface area contributed by atoms with E-state index in [-0.39, 0.29) is 25.2 Å². The van der Waals surface area contributed by atoms with Crippen LogP contribution in [0.1, 0.15) is 29.4 Å². The Hall–Kier alpha value is -3.93. The van der Waals surface area contributed by atoms with Gasteiger partial charge in [0.25, 0.3) is 5.78 Å². The van der Waals surface area contributed by atoms with Gasteiger partial charge in [0, 0.05) is 45.7 Å². The van der Waals surface area contributed by atoms with E-state index >= 15 is 0 Å². The number of thioether (sulfide) groups is 1. The number of hydrogen-bond donors (Lipinski definition) is 1. The first-order valence-electron chi connectivity index (χ1n) is 10.7. The van der Waals surface area contributed by atoms with Crippen LogP contribution in [0, 0.1) is 13.8 Å². The average Bonchev–Trinajstić information content (AvgIpc) is 3.23. The molecule has 0 spiro atoms. The topological polar surface area (TPSA) is 138 Å². The highest BCUT2D eigenvalue weighted by molar-refractivity contribution is 7.98. The summed E-state index contributed by atoms with van der Waals surface area (Å²) < 4.78 is 17.2. The third-order valence-electron chi connectivity index (χ3n) is 5.27. The molecule has 0 radical (unpaired) electrons. The van der Waals surface area contributed by atoms with Crippen molar-refractivity contribution in [3.63, 3.8) is 0 Å². The minimum Gasteiger partial charge on any atom is -0.461 e. The van der Waals surface area contributed by atoms with E-state index in [1.54, 1.807) is 30.5 Å². The molecule has 11 nitrogen and oxygen atoms in total. The molecule has 0 saturated carbocycles. The smallest absolute Gasteiger partial charge is 0.411 e. The van der Waals surface area contributed by atoms with Gasteiger partial charge >= 0.3 is 17.7 Å². The number of anilines is 1. The number of rotatable bonds is 7. The molecule has 4 rings (SSSR count).